The van der Waals surface area contributed by atoms with E-state index in [9.17, 15) is 14.4 Å². The maximum absolute atomic E-state index is 12.9. The van der Waals surface area contributed by atoms with Gasteiger partial charge in [0.25, 0.3) is 0 Å². The molecule has 0 aliphatic heterocycles. The standard InChI is InChI=1S/C68H118O6/c1-4-7-10-13-16-19-22-25-27-28-29-30-31-32-33-34-35-36-37-38-39-40-41-44-46-49-52-55-58-61-67(70)73-64-65(63-72-66(69)60-57-54-51-48-45-42-24-21-18-15-12-9-6-3)74-68(71)62-59-56-53-50-47-43-26-23-20-17-14-11-8-5-2/h7,10,16,19,21,24-25,27,29-30,32-33,35-36,65H,4-6,8-9,11-15,17-18,20,22-23,26,28,31,34,37-64H2,1-3H3/b10-7-,19-16-,24-21-,27-25-,30-29-,33-32-,36-35-. The van der Waals surface area contributed by atoms with Crippen LogP contribution in [0.2, 0.25) is 0 Å². The summed E-state index contributed by atoms with van der Waals surface area (Å²) >= 11 is 0. The molecule has 1 unspecified atom stereocenters. The van der Waals surface area contributed by atoms with Crippen LogP contribution in [0.15, 0.2) is 85.1 Å². The zero-order valence-corrected chi connectivity index (χ0v) is 48.8. The molecule has 0 fully saturated rings. The number of allylic oxidation sites excluding steroid dienone is 14. The molecule has 0 aromatic rings. The van der Waals surface area contributed by atoms with Gasteiger partial charge in [-0.05, 0) is 96.3 Å². The first-order chi connectivity index (χ1) is 36.5. The summed E-state index contributed by atoms with van der Waals surface area (Å²) in [6.07, 6.45) is 81.6. The van der Waals surface area contributed by atoms with Crippen LogP contribution in [0.25, 0.3) is 0 Å². The zero-order chi connectivity index (χ0) is 53.6. The van der Waals surface area contributed by atoms with Crippen molar-refractivity contribution in [2.24, 2.45) is 0 Å². The van der Waals surface area contributed by atoms with Gasteiger partial charge in [-0.3, -0.25) is 14.4 Å². The number of carbonyl (C=O) groups excluding carboxylic acids is 3. The molecular weight excluding hydrogens is 913 g/mol. The Kier molecular flexibility index (Phi) is 59.3. The molecule has 0 bridgehead atoms. The number of hydrogen-bond donors (Lipinski definition) is 0. The summed E-state index contributed by atoms with van der Waals surface area (Å²) in [7, 11) is 0. The largest absolute Gasteiger partial charge is 0.462 e. The molecule has 0 aliphatic rings. The molecule has 0 radical (unpaired) electrons. The predicted molar refractivity (Wildman–Crippen MR) is 321 cm³/mol. The smallest absolute Gasteiger partial charge is 0.306 e. The number of unbranched alkanes of at least 4 members (excludes halogenated alkanes) is 32. The lowest BCUT2D eigenvalue weighted by Gasteiger charge is -2.18. The minimum atomic E-state index is -0.779. The highest BCUT2D eigenvalue weighted by Crippen LogP contribution is 2.16. The van der Waals surface area contributed by atoms with Crippen LogP contribution in [0.5, 0.6) is 0 Å². The number of carbonyl (C=O) groups is 3. The van der Waals surface area contributed by atoms with Crippen LogP contribution < -0.4 is 0 Å². The predicted octanol–water partition coefficient (Wildman–Crippen LogP) is 21.5. The Bertz CT molecular complexity index is 1420. The van der Waals surface area contributed by atoms with E-state index in [1.165, 1.54) is 167 Å². The van der Waals surface area contributed by atoms with Crippen LogP contribution in [0.4, 0.5) is 0 Å². The SMILES string of the molecule is CC/C=C\C/C=C\C/C=C\C/C=C\C/C=C\C/C=C\CCCCCCCCCCCCC(=O)OCC(COC(=O)CCCCCCC/C=C\CCCCCC)OC(=O)CCCCCCCCCCCCCCCC. The Balaban J connectivity index is 4.25. The van der Waals surface area contributed by atoms with Gasteiger partial charge in [-0.25, -0.2) is 0 Å². The summed E-state index contributed by atoms with van der Waals surface area (Å²) < 4.78 is 16.9. The second-order valence-electron chi connectivity index (χ2n) is 20.9. The summed E-state index contributed by atoms with van der Waals surface area (Å²) in [5.74, 6) is -0.878. The lowest BCUT2D eigenvalue weighted by atomic mass is 10.0. The molecular formula is C68H118O6. The quantitative estimate of drug-likeness (QED) is 0.0261. The fourth-order valence-corrected chi connectivity index (χ4v) is 8.91. The van der Waals surface area contributed by atoms with E-state index < -0.39 is 6.10 Å². The second kappa shape index (κ2) is 62.1. The van der Waals surface area contributed by atoms with Gasteiger partial charge in [0.05, 0.1) is 0 Å². The molecule has 0 N–H and O–H groups in total. The molecule has 0 rings (SSSR count). The van der Waals surface area contributed by atoms with Gasteiger partial charge in [0, 0.05) is 19.3 Å². The number of esters is 3. The molecule has 0 saturated heterocycles. The molecule has 74 heavy (non-hydrogen) atoms. The molecule has 0 spiro atoms. The van der Waals surface area contributed by atoms with Crippen LogP contribution in [0.1, 0.15) is 310 Å². The third-order valence-electron chi connectivity index (χ3n) is 13.6. The molecule has 0 saturated carbocycles. The van der Waals surface area contributed by atoms with E-state index in [-0.39, 0.29) is 31.1 Å². The van der Waals surface area contributed by atoms with Gasteiger partial charge in [0.2, 0.25) is 0 Å². The first-order valence-corrected chi connectivity index (χ1v) is 31.6. The monoisotopic (exact) mass is 1030 g/mol. The molecule has 6 nitrogen and oxygen atoms in total. The lowest BCUT2D eigenvalue weighted by Crippen LogP contribution is -2.30. The van der Waals surface area contributed by atoms with E-state index in [1.807, 2.05) is 0 Å². The molecule has 0 aliphatic carbocycles. The van der Waals surface area contributed by atoms with E-state index in [4.69, 9.17) is 14.2 Å². The Labute approximate surface area is 458 Å². The highest BCUT2D eigenvalue weighted by atomic mass is 16.6. The Morgan fingerprint density at radius 2 is 0.527 bits per heavy atom. The van der Waals surface area contributed by atoms with Gasteiger partial charge in [0.15, 0.2) is 6.10 Å². The Hall–Kier alpha value is -3.41. The van der Waals surface area contributed by atoms with E-state index >= 15 is 0 Å². The molecule has 0 amide bonds. The maximum Gasteiger partial charge on any atom is 0.306 e. The van der Waals surface area contributed by atoms with Gasteiger partial charge in [-0.15, -0.1) is 0 Å². The Morgan fingerprint density at radius 1 is 0.284 bits per heavy atom. The maximum atomic E-state index is 12.9. The van der Waals surface area contributed by atoms with Crippen LogP contribution in [0, 0.1) is 0 Å². The molecule has 0 heterocycles. The van der Waals surface area contributed by atoms with Gasteiger partial charge in [0.1, 0.15) is 13.2 Å². The van der Waals surface area contributed by atoms with E-state index in [1.54, 1.807) is 0 Å². The average Bonchev–Trinajstić information content (AvgIpc) is 3.40. The number of ether oxygens (including phenoxy) is 3. The first-order valence-electron chi connectivity index (χ1n) is 31.6. The molecule has 0 aromatic heterocycles. The van der Waals surface area contributed by atoms with Gasteiger partial charge < -0.3 is 14.2 Å². The van der Waals surface area contributed by atoms with Crippen molar-refractivity contribution in [1.29, 1.82) is 0 Å². The zero-order valence-electron chi connectivity index (χ0n) is 48.8. The van der Waals surface area contributed by atoms with Gasteiger partial charge in [-0.2, -0.15) is 0 Å². The van der Waals surface area contributed by atoms with Crippen molar-refractivity contribution in [2.45, 2.75) is 316 Å². The highest BCUT2D eigenvalue weighted by molar-refractivity contribution is 5.71. The van der Waals surface area contributed by atoms with Crippen LogP contribution in [-0.4, -0.2) is 37.2 Å². The molecule has 0 aromatic carbocycles. The second-order valence-corrected chi connectivity index (χ2v) is 20.9. The fraction of sp³-hybridized carbons (Fsp3) is 0.750. The minimum absolute atomic E-state index is 0.0782. The summed E-state index contributed by atoms with van der Waals surface area (Å²) in [6.45, 7) is 6.53. The van der Waals surface area contributed by atoms with Gasteiger partial charge >= 0.3 is 17.9 Å². The normalized spacial score (nSPS) is 12.6. The minimum Gasteiger partial charge on any atom is -0.462 e. The molecule has 426 valence electrons. The van der Waals surface area contributed by atoms with Crippen LogP contribution in [-0.2, 0) is 28.6 Å². The average molecular weight is 1030 g/mol. The summed E-state index contributed by atoms with van der Waals surface area (Å²) in [5, 5.41) is 0. The topological polar surface area (TPSA) is 78.9 Å². The third-order valence-corrected chi connectivity index (χ3v) is 13.6. The van der Waals surface area contributed by atoms with Crippen molar-refractivity contribution in [3.63, 3.8) is 0 Å². The van der Waals surface area contributed by atoms with Crippen molar-refractivity contribution in [2.75, 3.05) is 13.2 Å². The van der Waals surface area contributed by atoms with E-state index in [0.717, 1.165) is 103 Å². The van der Waals surface area contributed by atoms with Crippen LogP contribution in [0.3, 0.4) is 0 Å². The first kappa shape index (κ1) is 70.6. The molecule has 6 heteroatoms. The van der Waals surface area contributed by atoms with E-state index in [0.29, 0.717) is 19.3 Å². The van der Waals surface area contributed by atoms with Crippen molar-refractivity contribution < 1.29 is 28.6 Å². The summed E-state index contributed by atoms with van der Waals surface area (Å²) in [6, 6.07) is 0. The van der Waals surface area contributed by atoms with Crippen molar-refractivity contribution >= 4 is 17.9 Å². The van der Waals surface area contributed by atoms with Crippen molar-refractivity contribution in [1.82, 2.24) is 0 Å². The van der Waals surface area contributed by atoms with E-state index in [2.05, 4.69) is 106 Å². The van der Waals surface area contributed by atoms with Gasteiger partial charge in [-0.1, -0.05) is 279 Å². The summed E-state index contributed by atoms with van der Waals surface area (Å²) in [5.41, 5.74) is 0. The number of hydrogen-bond acceptors (Lipinski definition) is 6. The lowest BCUT2D eigenvalue weighted by molar-refractivity contribution is -0.167. The Morgan fingerprint density at radius 3 is 0.851 bits per heavy atom. The van der Waals surface area contributed by atoms with Crippen molar-refractivity contribution in [3.05, 3.63) is 85.1 Å². The molecule has 1 atom stereocenters. The highest BCUT2D eigenvalue weighted by Gasteiger charge is 2.19. The summed E-state index contributed by atoms with van der Waals surface area (Å²) in [4.78, 5) is 38.2. The van der Waals surface area contributed by atoms with Crippen LogP contribution >= 0.6 is 0 Å². The number of rotatable bonds is 57. The fourth-order valence-electron chi connectivity index (χ4n) is 8.91. The third kappa shape index (κ3) is 59.5. The van der Waals surface area contributed by atoms with Crippen molar-refractivity contribution in [3.8, 4) is 0 Å².